The topological polar surface area (TPSA) is 125 Å². The Kier molecular flexibility index (Phi) is 8.48. The van der Waals surface area contributed by atoms with Crippen LogP contribution in [0.25, 0.3) is 0 Å². The van der Waals surface area contributed by atoms with Crippen LogP contribution < -0.4 is 10.2 Å². The number of nitro benzene ring substituents is 1. The number of piperazine rings is 1. The molecule has 2 aliphatic rings. The number of nitrogens with one attached hydrogen (secondary N) is 1. The maximum absolute atomic E-state index is 13.3. The number of ether oxygens (including phenoxy) is 1. The zero-order valence-corrected chi connectivity index (χ0v) is 23.8. The van der Waals surface area contributed by atoms with E-state index in [0.29, 0.717) is 17.8 Å². The number of anilines is 1. The van der Waals surface area contributed by atoms with Crippen LogP contribution in [0.1, 0.15) is 42.9 Å². The minimum absolute atomic E-state index is 0.160. The monoisotopic (exact) mass is 550 g/mol. The molecule has 0 saturated carbocycles. The number of non-ortho nitro benzene ring substituents is 1. The van der Waals surface area contributed by atoms with Crippen molar-refractivity contribution in [3.05, 3.63) is 80.5 Å². The Morgan fingerprint density at radius 3 is 2.30 bits per heavy atom. The second-order valence-corrected chi connectivity index (χ2v) is 10.8. The third-order valence-corrected chi connectivity index (χ3v) is 8.60. The van der Waals surface area contributed by atoms with Gasteiger partial charge in [-0.1, -0.05) is 30.3 Å². The van der Waals surface area contributed by atoms with E-state index in [4.69, 9.17) is 4.74 Å². The number of allylic oxidation sites excluding steroid dienone is 1. The van der Waals surface area contributed by atoms with Crippen LogP contribution in [0.3, 0.4) is 0 Å². The fourth-order valence-corrected chi connectivity index (χ4v) is 6.54. The number of carboxylic acids is 1. The molecule has 3 atom stereocenters. The smallest absolute Gasteiger partial charge is 0.336 e. The summed E-state index contributed by atoms with van der Waals surface area (Å²) in [6, 6.07) is 11.7. The van der Waals surface area contributed by atoms with E-state index in [1.807, 2.05) is 0 Å². The van der Waals surface area contributed by atoms with Gasteiger partial charge >= 0.3 is 11.9 Å². The predicted molar refractivity (Wildman–Crippen MR) is 152 cm³/mol. The van der Waals surface area contributed by atoms with Crippen molar-refractivity contribution < 1.29 is 24.4 Å². The number of aryl methyl sites for hydroxylation is 2. The number of rotatable bonds is 8. The van der Waals surface area contributed by atoms with E-state index in [9.17, 15) is 24.8 Å². The van der Waals surface area contributed by atoms with Gasteiger partial charge in [-0.25, -0.2) is 4.79 Å². The zero-order chi connectivity index (χ0) is 29.2. The highest BCUT2D eigenvalue weighted by molar-refractivity contribution is 5.94. The first-order valence-electron chi connectivity index (χ1n) is 13.6. The van der Waals surface area contributed by atoms with Gasteiger partial charge in [0.25, 0.3) is 5.69 Å². The van der Waals surface area contributed by atoms with Crippen LogP contribution >= 0.6 is 0 Å². The van der Waals surface area contributed by atoms with Gasteiger partial charge in [0.2, 0.25) is 0 Å². The molecular weight excluding hydrogens is 512 g/mol. The number of hydrogen-bond donors (Lipinski definition) is 2. The van der Waals surface area contributed by atoms with Gasteiger partial charge in [-0.15, -0.1) is 0 Å². The van der Waals surface area contributed by atoms with E-state index < -0.39 is 34.2 Å². The molecule has 10 heteroatoms. The number of nitrogens with zero attached hydrogens (tertiary/aromatic N) is 3. The van der Waals surface area contributed by atoms with E-state index in [1.54, 1.807) is 19.9 Å². The lowest BCUT2D eigenvalue weighted by atomic mass is 9.60. The molecule has 10 nitrogen and oxygen atoms in total. The van der Waals surface area contributed by atoms with Crippen molar-refractivity contribution in [3.63, 3.8) is 0 Å². The van der Waals surface area contributed by atoms with Gasteiger partial charge in [0.15, 0.2) is 0 Å². The Bertz CT molecular complexity index is 1310. The van der Waals surface area contributed by atoms with Gasteiger partial charge < -0.3 is 20.1 Å². The molecule has 3 unspecified atom stereocenters. The van der Waals surface area contributed by atoms with Crippen LogP contribution in [-0.4, -0.2) is 72.7 Å². The van der Waals surface area contributed by atoms with Crippen LogP contribution in [0.5, 0.6) is 0 Å². The number of nitro groups is 1. The summed E-state index contributed by atoms with van der Waals surface area (Å²) in [5, 5.41) is 25.7. The van der Waals surface area contributed by atoms with E-state index >= 15 is 0 Å². The van der Waals surface area contributed by atoms with E-state index in [2.05, 4.69) is 47.2 Å². The summed E-state index contributed by atoms with van der Waals surface area (Å²) in [7, 11) is 1.25. The molecule has 40 heavy (non-hydrogen) atoms. The second-order valence-electron chi connectivity index (χ2n) is 10.8. The van der Waals surface area contributed by atoms with E-state index in [-0.39, 0.29) is 17.7 Å². The molecule has 0 amide bonds. The number of carbonyl (C=O) groups is 2. The highest BCUT2D eigenvalue weighted by atomic mass is 16.6. The Hall–Kier alpha value is -3.92. The first-order chi connectivity index (χ1) is 19.0. The molecule has 1 fully saturated rings. The van der Waals surface area contributed by atoms with Gasteiger partial charge in [0.1, 0.15) is 0 Å². The lowest BCUT2D eigenvalue weighted by molar-refractivity contribution is -0.384. The third kappa shape index (κ3) is 5.28. The van der Waals surface area contributed by atoms with Gasteiger partial charge in [-0.2, -0.15) is 0 Å². The number of carbonyl (C=O) groups excluding carboxylic acids is 1. The maximum Gasteiger partial charge on any atom is 0.336 e. The van der Waals surface area contributed by atoms with Crippen LogP contribution in [0, 0.1) is 29.4 Å². The lowest BCUT2D eigenvalue weighted by Crippen LogP contribution is -2.58. The molecule has 2 aromatic rings. The summed E-state index contributed by atoms with van der Waals surface area (Å²) in [4.78, 5) is 42.1. The van der Waals surface area contributed by atoms with Gasteiger partial charge in [-0.3, -0.25) is 19.8 Å². The van der Waals surface area contributed by atoms with Crippen molar-refractivity contribution in [1.29, 1.82) is 0 Å². The number of aliphatic carboxylic acids is 1. The Morgan fingerprint density at radius 1 is 1.10 bits per heavy atom. The molecule has 0 radical (unpaired) electrons. The fraction of sp³-hybridized carbons (Fsp3) is 0.467. The van der Waals surface area contributed by atoms with Gasteiger partial charge in [-0.05, 0) is 57.4 Å². The number of methoxy groups -OCH3 is 1. The van der Waals surface area contributed by atoms with Crippen molar-refractivity contribution in [2.75, 3.05) is 44.7 Å². The molecule has 1 saturated heterocycles. The summed E-state index contributed by atoms with van der Waals surface area (Å²) in [6.45, 7) is 11.4. The quantitative estimate of drug-likeness (QED) is 0.285. The van der Waals surface area contributed by atoms with Crippen molar-refractivity contribution in [3.8, 4) is 0 Å². The molecule has 2 N–H and O–H groups in total. The van der Waals surface area contributed by atoms with Crippen molar-refractivity contribution in [1.82, 2.24) is 10.2 Å². The number of para-hydroxylation sites is 1. The highest BCUT2D eigenvalue weighted by Gasteiger charge is 2.56. The SMILES string of the molecule is COC(=O)C1=C(C)NC(C)C(CCN2CCN(c3c(C)cccc3C)CC2)(C(=O)O)C1c1cccc([N+](=O)[O-])c1. The predicted octanol–water partition coefficient (Wildman–Crippen LogP) is 4.02. The summed E-state index contributed by atoms with van der Waals surface area (Å²) in [5.41, 5.74) is 3.20. The molecule has 0 bridgehead atoms. The molecule has 214 valence electrons. The lowest BCUT2D eigenvalue weighted by Gasteiger charge is -2.48. The third-order valence-electron chi connectivity index (χ3n) is 8.60. The Labute approximate surface area is 234 Å². The van der Waals surface area contributed by atoms with Crippen LogP contribution in [0.4, 0.5) is 11.4 Å². The van der Waals surface area contributed by atoms with Gasteiger partial charge in [0.05, 0.1) is 23.0 Å². The Balaban J connectivity index is 1.66. The first kappa shape index (κ1) is 29.1. The van der Waals surface area contributed by atoms with Crippen molar-refractivity contribution in [2.24, 2.45) is 5.41 Å². The number of carboxylic acid groups (broad SMARTS) is 1. The molecule has 4 rings (SSSR count). The average Bonchev–Trinajstić information content (AvgIpc) is 2.92. The normalized spacial score (nSPS) is 23.5. The summed E-state index contributed by atoms with van der Waals surface area (Å²) in [5.74, 6) is -2.65. The second kappa shape index (κ2) is 11.7. The molecule has 2 heterocycles. The van der Waals surface area contributed by atoms with Crippen molar-refractivity contribution >= 4 is 23.3 Å². The summed E-state index contributed by atoms with van der Waals surface area (Å²) in [6.07, 6.45) is 0.237. The summed E-state index contributed by atoms with van der Waals surface area (Å²) >= 11 is 0. The van der Waals surface area contributed by atoms with Crippen molar-refractivity contribution in [2.45, 2.75) is 46.1 Å². The number of benzene rings is 2. The van der Waals surface area contributed by atoms with Crippen LogP contribution in [-0.2, 0) is 14.3 Å². The number of hydrogen-bond acceptors (Lipinski definition) is 8. The standard InChI is InChI=1S/C30H38N4O6/c1-19-8-6-9-20(2)27(19)33-16-14-32(15-17-33)13-12-30(29(36)37)22(4)31-21(3)25(28(35)40-5)26(30)23-10-7-11-24(18-23)34(38)39/h6-11,18,22,26,31H,12-17H2,1-5H3,(H,36,37). The molecule has 0 aromatic heterocycles. The molecule has 2 aliphatic heterocycles. The maximum atomic E-state index is 13.3. The fourth-order valence-electron chi connectivity index (χ4n) is 6.54. The first-order valence-corrected chi connectivity index (χ1v) is 13.6. The number of esters is 1. The largest absolute Gasteiger partial charge is 0.481 e. The van der Waals surface area contributed by atoms with E-state index in [0.717, 1.165) is 26.2 Å². The molecule has 0 aliphatic carbocycles. The molecular formula is C30H38N4O6. The zero-order valence-electron chi connectivity index (χ0n) is 23.8. The van der Waals surface area contributed by atoms with E-state index in [1.165, 1.54) is 42.1 Å². The molecule has 2 aromatic carbocycles. The minimum Gasteiger partial charge on any atom is -0.481 e. The van der Waals surface area contributed by atoms with Crippen LogP contribution in [0.2, 0.25) is 0 Å². The van der Waals surface area contributed by atoms with Gasteiger partial charge in [0, 0.05) is 61.7 Å². The average molecular weight is 551 g/mol. The molecule has 0 spiro atoms. The highest BCUT2D eigenvalue weighted by Crippen LogP contribution is 2.51. The van der Waals surface area contributed by atoms with Crippen LogP contribution in [0.15, 0.2) is 53.7 Å². The summed E-state index contributed by atoms with van der Waals surface area (Å²) < 4.78 is 5.09. The Morgan fingerprint density at radius 2 is 1.73 bits per heavy atom. The minimum atomic E-state index is -1.46.